The molecule has 3 rings (SSSR count). The molecule has 2 aromatic rings. The van der Waals surface area contributed by atoms with E-state index in [0.29, 0.717) is 6.54 Å². The number of piperidine rings is 1. The van der Waals surface area contributed by atoms with Gasteiger partial charge in [0.2, 0.25) is 5.91 Å². The zero-order valence-electron chi connectivity index (χ0n) is 13.2. The molecule has 118 valence electrons. The Hall–Kier alpha value is -2.11. The van der Waals surface area contributed by atoms with Crippen LogP contribution in [0, 0.1) is 6.92 Å². The van der Waals surface area contributed by atoms with Gasteiger partial charge >= 0.3 is 0 Å². The van der Waals surface area contributed by atoms with Crippen LogP contribution in [0.5, 0.6) is 0 Å². The number of aromatic nitrogens is 3. The van der Waals surface area contributed by atoms with Gasteiger partial charge in [-0.05, 0) is 26.2 Å². The maximum atomic E-state index is 12.7. The van der Waals surface area contributed by atoms with Crippen LogP contribution in [0.1, 0.15) is 49.5 Å². The van der Waals surface area contributed by atoms with Gasteiger partial charge in [0.1, 0.15) is 23.8 Å². The fourth-order valence-electron chi connectivity index (χ4n) is 3.12. The first-order chi connectivity index (χ1) is 10.7. The van der Waals surface area contributed by atoms with Crippen molar-refractivity contribution in [1.82, 2.24) is 19.6 Å². The van der Waals surface area contributed by atoms with Gasteiger partial charge in [-0.3, -0.25) is 4.79 Å². The van der Waals surface area contributed by atoms with E-state index in [-0.39, 0.29) is 11.9 Å². The SMILES string of the molecule is CCc1nccn1CC(=O)N1CCCCC1c1cc(C)on1. The lowest BCUT2D eigenvalue weighted by molar-refractivity contribution is -0.135. The highest BCUT2D eigenvalue weighted by atomic mass is 16.5. The second kappa shape index (κ2) is 6.34. The largest absolute Gasteiger partial charge is 0.361 e. The summed E-state index contributed by atoms with van der Waals surface area (Å²) in [6.45, 7) is 5.05. The Kier molecular flexibility index (Phi) is 4.27. The van der Waals surface area contributed by atoms with Crippen LogP contribution in [0.3, 0.4) is 0 Å². The number of rotatable bonds is 4. The Bertz CT molecular complexity index is 646. The maximum absolute atomic E-state index is 12.7. The van der Waals surface area contributed by atoms with Crippen molar-refractivity contribution in [2.24, 2.45) is 0 Å². The third-order valence-electron chi connectivity index (χ3n) is 4.23. The Morgan fingerprint density at radius 2 is 2.32 bits per heavy atom. The molecule has 3 heterocycles. The Morgan fingerprint density at radius 1 is 1.45 bits per heavy atom. The zero-order chi connectivity index (χ0) is 15.5. The third kappa shape index (κ3) is 2.91. The van der Waals surface area contributed by atoms with Crippen molar-refractivity contribution >= 4 is 5.91 Å². The topological polar surface area (TPSA) is 64.2 Å². The number of carbonyl (C=O) groups excluding carboxylic acids is 1. The molecule has 0 bridgehead atoms. The quantitative estimate of drug-likeness (QED) is 0.870. The Balaban J connectivity index is 1.77. The maximum Gasteiger partial charge on any atom is 0.243 e. The molecule has 22 heavy (non-hydrogen) atoms. The predicted molar refractivity (Wildman–Crippen MR) is 81.2 cm³/mol. The first-order valence-corrected chi connectivity index (χ1v) is 7.91. The predicted octanol–water partition coefficient (Wildman–Crippen LogP) is 2.50. The van der Waals surface area contributed by atoms with Crippen LogP contribution in [0.15, 0.2) is 23.0 Å². The van der Waals surface area contributed by atoms with Crippen LogP contribution >= 0.6 is 0 Å². The average Bonchev–Trinajstić information content (AvgIpc) is 3.16. The first-order valence-electron chi connectivity index (χ1n) is 7.91. The summed E-state index contributed by atoms with van der Waals surface area (Å²) in [4.78, 5) is 19.0. The number of hydrogen-bond acceptors (Lipinski definition) is 4. The standard InChI is InChI=1S/C16H22N4O2/c1-3-15-17-7-9-19(15)11-16(21)20-8-5-4-6-14(20)13-10-12(2)22-18-13/h7,9-10,14H,3-6,8,11H2,1-2H3. The van der Waals surface area contributed by atoms with Crippen molar-refractivity contribution in [3.8, 4) is 0 Å². The van der Waals surface area contributed by atoms with Gasteiger partial charge in [-0.1, -0.05) is 12.1 Å². The summed E-state index contributed by atoms with van der Waals surface area (Å²) in [6.07, 6.45) is 7.56. The molecule has 1 amide bonds. The summed E-state index contributed by atoms with van der Waals surface area (Å²) in [5.74, 6) is 1.85. The van der Waals surface area contributed by atoms with Crippen molar-refractivity contribution in [3.05, 3.63) is 35.7 Å². The summed E-state index contributed by atoms with van der Waals surface area (Å²) < 4.78 is 7.12. The van der Waals surface area contributed by atoms with Crippen LogP contribution in [-0.2, 0) is 17.8 Å². The van der Waals surface area contributed by atoms with Crippen molar-refractivity contribution in [2.45, 2.75) is 52.1 Å². The Labute approximate surface area is 130 Å². The minimum atomic E-state index is 0.0345. The van der Waals surface area contributed by atoms with Crippen molar-refractivity contribution in [1.29, 1.82) is 0 Å². The number of nitrogens with zero attached hydrogens (tertiary/aromatic N) is 4. The number of imidazole rings is 1. The van der Waals surface area contributed by atoms with E-state index in [1.54, 1.807) is 6.20 Å². The molecule has 0 N–H and O–H groups in total. The molecule has 6 heteroatoms. The average molecular weight is 302 g/mol. The van der Waals surface area contributed by atoms with Crippen molar-refractivity contribution in [3.63, 3.8) is 0 Å². The molecule has 0 saturated carbocycles. The molecule has 1 fully saturated rings. The second-order valence-electron chi connectivity index (χ2n) is 5.79. The van der Waals surface area contributed by atoms with Gasteiger partial charge in [-0.25, -0.2) is 4.98 Å². The van der Waals surface area contributed by atoms with E-state index >= 15 is 0 Å². The molecule has 0 aliphatic carbocycles. The molecule has 2 aromatic heterocycles. The van der Waals surface area contributed by atoms with E-state index in [1.165, 1.54) is 0 Å². The van der Waals surface area contributed by atoms with E-state index in [1.807, 2.05) is 35.6 Å². The lowest BCUT2D eigenvalue weighted by Gasteiger charge is -2.34. The van der Waals surface area contributed by atoms with Gasteiger partial charge in [0.05, 0.1) is 6.04 Å². The molecular weight excluding hydrogens is 280 g/mol. The highest BCUT2D eigenvalue weighted by Crippen LogP contribution is 2.30. The summed E-state index contributed by atoms with van der Waals surface area (Å²) >= 11 is 0. The Morgan fingerprint density at radius 3 is 3.05 bits per heavy atom. The number of aryl methyl sites for hydroxylation is 2. The minimum absolute atomic E-state index is 0.0345. The van der Waals surface area contributed by atoms with E-state index < -0.39 is 0 Å². The molecule has 1 unspecified atom stereocenters. The van der Waals surface area contributed by atoms with Crippen LogP contribution < -0.4 is 0 Å². The molecule has 0 aromatic carbocycles. The number of likely N-dealkylation sites (tertiary alicyclic amines) is 1. The highest BCUT2D eigenvalue weighted by molar-refractivity contribution is 5.76. The summed E-state index contributed by atoms with van der Waals surface area (Å²) in [5.41, 5.74) is 0.867. The zero-order valence-corrected chi connectivity index (χ0v) is 13.2. The summed E-state index contributed by atoms with van der Waals surface area (Å²) in [7, 11) is 0. The lowest BCUT2D eigenvalue weighted by Crippen LogP contribution is -2.40. The second-order valence-corrected chi connectivity index (χ2v) is 5.79. The molecule has 1 atom stereocenters. The van der Waals surface area contributed by atoms with Gasteiger partial charge in [0.25, 0.3) is 0 Å². The summed E-state index contributed by atoms with van der Waals surface area (Å²) in [5, 5.41) is 4.11. The van der Waals surface area contributed by atoms with E-state index in [9.17, 15) is 4.79 Å². The highest BCUT2D eigenvalue weighted by Gasteiger charge is 2.30. The van der Waals surface area contributed by atoms with Gasteiger partial charge in [-0.15, -0.1) is 0 Å². The van der Waals surface area contributed by atoms with Crippen LogP contribution in [0.2, 0.25) is 0 Å². The van der Waals surface area contributed by atoms with Gasteiger partial charge < -0.3 is 14.0 Å². The van der Waals surface area contributed by atoms with Crippen LogP contribution in [-0.4, -0.2) is 32.1 Å². The van der Waals surface area contributed by atoms with Crippen LogP contribution in [0.25, 0.3) is 0 Å². The molecule has 0 radical (unpaired) electrons. The molecule has 0 spiro atoms. The van der Waals surface area contributed by atoms with E-state index in [0.717, 1.165) is 49.5 Å². The molecular formula is C16H22N4O2. The third-order valence-corrected chi connectivity index (χ3v) is 4.23. The molecule has 1 aliphatic rings. The molecule has 1 saturated heterocycles. The van der Waals surface area contributed by atoms with Gasteiger partial charge in [-0.2, -0.15) is 0 Å². The minimum Gasteiger partial charge on any atom is -0.361 e. The van der Waals surface area contributed by atoms with Crippen molar-refractivity contribution in [2.75, 3.05) is 6.54 Å². The number of carbonyl (C=O) groups is 1. The number of amides is 1. The van der Waals surface area contributed by atoms with Crippen LogP contribution in [0.4, 0.5) is 0 Å². The van der Waals surface area contributed by atoms with E-state index in [4.69, 9.17) is 4.52 Å². The monoisotopic (exact) mass is 302 g/mol. The fourth-order valence-corrected chi connectivity index (χ4v) is 3.12. The van der Waals surface area contributed by atoms with Gasteiger partial charge in [0.15, 0.2) is 0 Å². The van der Waals surface area contributed by atoms with E-state index in [2.05, 4.69) is 10.1 Å². The lowest BCUT2D eigenvalue weighted by atomic mass is 9.99. The normalized spacial score (nSPS) is 18.6. The first kappa shape index (κ1) is 14.8. The van der Waals surface area contributed by atoms with Gasteiger partial charge in [0, 0.05) is 31.4 Å². The fraction of sp³-hybridized carbons (Fsp3) is 0.562. The number of hydrogen-bond donors (Lipinski definition) is 0. The summed E-state index contributed by atoms with van der Waals surface area (Å²) in [6, 6.07) is 1.97. The molecule has 1 aliphatic heterocycles. The van der Waals surface area contributed by atoms with Crippen molar-refractivity contribution < 1.29 is 9.32 Å². The molecule has 6 nitrogen and oxygen atoms in total. The smallest absolute Gasteiger partial charge is 0.243 e.